The van der Waals surface area contributed by atoms with Crippen LogP contribution in [0.4, 0.5) is 5.69 Å². The Bertz CT molecular complexity index is 839. The van der Waals surface area contributed by atoms with E-state index in [0.717, 1.165) is 0 Å². The van der Waals surface area contributed by atoms with Crippen LogP contribution in [0.25, 0.3) is 0 Å². The molecule has 8 nitrogen and oxygen atoms in total. The summed E-state index contributed by atoms with van der Waals surface area (Å²) >= 11 is 0. The van der Waals surface area contributed by atoms with Crippen LogP contribution in [0.5, 0.6) is 11.5 Å². The Morgan fingerprint density at radius 3 is 2.46 bits per heavy atom. The zero-order chi connectivity index (χ0) is 20.7. The molecule has 0 saturated carbocycles. The summed E-state index contributed by atoms with van der Waals surface area (Å²) in [6.45, 7) is 3.94. The summed E-state index contributed by atoms with van der Waals surface area (Å²) in [5.41, 5.74) is 0.552. The first-order valence-electron chi connectivity index (χ1n) is 8.86. The molecule has 2 rings (SSSR count). The molecule has 0 aromatic heterocycles. The molecule has 1 N–H and O–H groups in total. The van der Waals surface area contributed by atoms with Gasteiger partial charge in [-0.2, -0.15) is 0 Å². The quantitative estimate of drug-likeness (QED) is 0.523. The molecule has 0 spiro atoms. The van der Waals surface area contributed by atoms with Gasteiger partial charge in [0.2, 0.25) is 0 Å². The van der Waals surface area contributed by atoms with Crippen LogP contribution in [0, 0.1) is 17.0 Å². The SMILES string of the molecule is CCOc1ccccc1OC[C@@H](O)CN(C)C(=O)c1ccc(C)c([N+](=O)[O-])c1. The van der Waals surface area contributed by atoms with Crippen molar-refractivity contribution in [2.75, 3.05) is 26.8 Å². The Morgan fingerprint density at radius 1 is 1.21 bits per heavy atom. The highest BCUT2D eigenvalue weighted by molar-refractivity contribution is 5.94. The van der Waals surface area contributed by atoms with Gasteiger partial charge in [-0.15, -0.1) is 0 Å². The summed E-state index contributed by atoms with van der Waals surface area (Å²) < 4.78 is 11.1. The Kier molecular flexibility index (Phi) is 7.34. The number of amides is 1. The van der Waals surface area contributed by atoms with Crippen molar-refractivity contribution in [3.05, 3.63) is 63.7 Å². The fraction of sp³-hybridized carbons (Fsp3) is 0.350. The third kappa shape index (κ3) is 5.43. The molecule has 1 amide bonds. The van der Waals surface area contributed by atoms with Crippen LogP contribution in [0.2, 0.25) is 0 Å². The van der Waals surface area contributed by atoms with E-state index in [9.17, 15) is 20.0 Å². The predicted octanol–water partition coefficient (Wildman–Crippen LogP) is 2.81. The predicted molar refractivity (Wildman–Crippen MR) is 104 cm³/mol. The molecule has 0 bridgehead atoms. The van der Waals surface area contributed by atoms with Crippen molar-refractivity contribution < 1.29 is 24.3 Å². The van der Waals surface area contributed by atoms with E-state index in [4.69, 9.17) is 9.47 Å². The van der Waals surface area contributed by atoms with Crippen molar-refractivity contribution in [3.63, 3.8) is 0 Å². The fourth-order valence-electron chi connectivity index (χ4n) is 2.64. The molecular weight excluding hydrogens is 364 g/mol. The minimum Gasteiger partial charge on any atom is -0.490 e. The van der Waals surface area contributed by atoms with Crippen LogP contribution in [0.3, 0.4) is 0 Å². The summed E-state index contributed by atoms with van der Waals surface area (Å²) in [6.07, 6.45) is -0.941. The number of aliphatic hydroxyl groups excluding tert-OH is 1. The van der Waals surface area contributed by atoms with E-state index >= 15 is 0 Å². The number of hydrogen-bond acceptors (Lipinski definition) is 6. The van der Waals surface area contributed by atoms with E-state index in [1.165, 1.54) is 30.1 Å². The average Bonchev–Trinajstić information content (AvgIpc) is 2.67. The van der Waals surface area contributed by atoms with Crippen LogP contribution in [-0.4, -0.2) is 53.7 Å². The zero-order valence-electron chi connectivity index (χ0n) is 16.1. The van der Waals surface area contributed by atoms with Crippen molar-refractivity contribution in [3.8, 4) is 11.5 Å². The third-order valence-corrected chi connectivity index (χ3v) is 4.06. The molecule has 1 atom stereocenters. The van der Waals surface area contributed by atoms with Gasteiger partial charge in [-0.25, -0.2) is 0 Å². The first-order chi connectivity index (χ1) is 13.3. The molecule has 0 saturated heterocycles. The van der Waals surface area contributed by atoms with Crippen molar-refractivity contribution in [2.45, 2.75) is 20.0 Å². The van der Waals surface area contributed by atoms with E-state index in [1.807, 2.05) is 13.0 Å². The number of aliphatic hydroxyl groups is 1. The lowest BCUT2D eigenvalue weighted by Gasteiger charge is -2.21. The lowest BCUT2D eigenvalue weighted by Crippen LogP contribution is -2.37. The van der Waals surface area contributed by atoms with Gasteiger partial charge in [0.25, 0.3) is 11.6 Å². The van der Waals surface area contributed by atoms with E-state index < -0.39 is 16.9 Å². The van der Waals surface area contributed by atoms with Crippen molar-refractivity contribution in [1.82, 2.24) is 4.90 Å². The van der Waals surface area contributed by atoms with Gasteiger partial charge in [-0.05, 0) is 32.0 Å². The molecule has 0 aliphatic carbocycles. The first-order valence-corrected chi connectivity index (χ1v) is 8.86. The average molecular weight is 388 g/mol. The summed E-state index contributed by atoms with van der Waals surface area (Å²) in [6, 6.07) is 11.4. The lowest BCUT2D eigenvalue weighted by atomic mass is 10.1. The number of nitrogens with zero attached hydrogens (tertiary/aromatic N) is 2. The van der Waals surface area contributed by atoms with Crippen LogP contribution in [0.1, 0.15) is 22.8 Å². The van der Waals surface area contributed by atoms with Gasteiger partial charge in [0.05, 0.1) is 11.5 Å². The molecule has 8 heteroatoms. The molecule has 28 heavy (non-hydrogen) atoms. The smallest absolute Gasteiger partial charge is 0.273 e. The number of rotatable bonds is 9. The van der Waals surface area contributed by atoms with Gasteiger partial charge in [-0.3, -0.25) is 14.9 Å². The molecule has 0 aliphatic heterocycles. The number of nitro groups is 1. The van der Waals surface area contributed by atoms with E-state index in [-0.39, 0.29) is 24.4 Å². The maximum absolute atomic E-state index is 12.5. The monoisotopic (exact) mass is 388 g/mol. The molecule has 150 valence electrons. The van der Waals surface area contributed by atoms with Crippen molar-refractivity contribution in [2.24, 2.45) is 0 Å². The topological polar surface area (TPSA) is 102 Å². The van der Waals surface area contributed by atoms with Gasteiger partial charge in [0, 0.05) is 30.8 Å². The van der Waals surface area contributed by atoms with Crippen LogP contribution in [-0.2, 0) is 0 Å². The third-order valence-electron chi connectivity index (χ3n) is 4.06. The highest BCUT2D eigenvalue weighted by atomic mass is 16.6. The number of ether oxygens (including phenoxy) is 2. The minimum absolute atomic E-state index is 0.0112. The maximum Gasteiger partial charge on any atom is 0.273 e. The molecule has 0 heterocycles. The normalized spacial score (nSPS) is 11.6. The maximum atomic E-state index is 12.5. The molecule has 0 radical (unpaired) electrons. The highest BCUT2D eigenvalue weighted by Crippen LogP contribution is 2.26. The van der Waals surface area contributed by atoms with Crippen LogP contribution >= 0.6 is 0 Å². The molecule has 0 unspecified atom stereocenters. The number of nitro benzene ring substituents is 1. The number of carbonyl (C=O) groups is 1. The van der Waals surface area contributed by atoms with Crippen LogP contribution in [0.15, 0.2) is 42.5 Å². The molecule has 2 aromatic rings. The standard InChI is InChI=1S/C20H24N2O6/c1-4-27-18-7-5-6-8-19(18)28-13-16(23)12-21(3)20(24)15-10-9-14(2)17(11-15)22(25)26/h5-11,16,23H,4,12-13H2,1-3H3/t16-/m0/s1. The van der Waals surface area contributed by atoms with Gasteiger partial charge in [0.15, 0.2) is 11.5 Å². The van der Waals surface area contributed by atoms with E-state index in [2.05, 4.69) is 0 Å². The second-order valence-electron chi connectivity index (χ2n) is 6.29. The fourth-order valence-corrected chi connectivity index (χ4v) is 2.64. The number of benzene rings is 2. The first kappa shape index (κ1) is 21.2. The number of para-hydroxylation sites is 2. The molecule has 0 aliphatic rings. The minimum atomic E-state index is -0.941. The van der Waals surface area contributed by atoms with E-state index in [1.54, 1.807) is 25.1 Å². The van der Waals surface area contributed by atoms with Crippen molar-refractivity contribution in [1.29, 1.82) is 0 Å². The van der Waals surface area contributed by atoms with Gasteiger partial charge >= 0.3 is 0 Å². The lowest BCUT2D eigenvalue weighted by molar-refractivity contribution is -0.385. The Hall–Kier alpha value is -3.13. The summed E-state index contributed by atoms with van der Waals surface area (Å²) in [5.74, 6) is 0.664. The number of carbonyl (C=O) groups excluding carboxylic acids is 1. The molecular formula is C20H24N2O6. The Morgan fingerprint density at radius 2 is 1.86 bits per heavy atom. The van der Waals surface area contributed by atoms with Gasteiger partial charge < -0.3 is 19.5 Å². The number of aryl methyl sites for hydroxylation is 1. The number of likely N-dealkylation sites (N-methyl/N-ethyl adjacent to an activating group) is 1. The Balaban J connectivity index is 1.97. The number of hydrogen-bond donors (Lipinski definition) is 1. The largest absolute Gasteiger partial charge is 0.490 e. The van der Waals surface area contributed by atoms with Crippen molar-refractivity contribution >= 4 is 11.6 Å². The molecule has 0 fully saturated rings. The van der Waals surface area contributed by atoms with Gasteiger partial charge in [-0.1, -0.05) is 18.2 Å². The second-order valence-corrected chi connectivity index (χ2v) is 6.29. The Labute approximate surface area is 163 Å². The zero-order valence-corrected chi connectivity index (χ0v) is 16.1. The van der Waals surface area contributed by atoms with Gasteiger partial charge in [0.1, 0.15) is 12.7 Å². The van der Waals surface area contributed by atoms with E-state index in [0.29, 0.717) is 23.7 Å². The van der Waals surface area contributed by atoms with Crippen LogP contribution < -0.4 is 9.47 Å². The summed E-state index contributed by atoms with van der Waals surface area (Å²) in [7, 11) is 1.52. The summed E-state index contributed by atoms with van der Waals surface area (Å²) in [5, 5.41) is 21.3. The molecule has 2 aromatic carbocycles. The highest BCUT2D eigenvalue weighted by Gasteiger charge is 2.20. The summed E-state index contributed by atoms with van der Waals surface area (Å²) in [4.78, 5) is 24.3. The second kappa shape index (κ2) is 9.70.